The Morgan fingerprint density at radius 1 is 0.667 bits per heavy atom. The largest absolute Gasteiger partial charge is 0.478 e. The summed E-state index contributed by atoms with van der Waals surface area (Å²) in [6.45, 7) is 2.27. The van der Waals surface area contributed by atoms with E-state index < -0.39 is 5.97 Å². The lowest BCUT2D eigenvalue weighted by Gasteiger charge is -2.02. The van der Waals surface area contributed by atoms with Gasteiger partial charge in [-0.05, 0) is 12.8 Å². The summed E-state index contributed by atoms with van der Waals surface area (Å²) < 4.78 is 0. The molecule has 0 amide bonds. The maximum Gasteiger partial charge on any atom is 0.328 e. The Balaban J connectivity index is 3.18. The fourth-order valence-corrected chi connectivity index (χ4v) is 2.72. The van der Waals surface area contributed by atoms with Crippen LogP contribution in [0.2, 0.25) is 0 Å². The van der Waals surface area contributed by atoms with Crippen LogP contribution in [0.4, 0.5) is 0 Å². The standard InChI is InChI=1S/C22H38O2/c1-2-3-4-5-6-7-8-9-10-11-12-13-14-15-16-17-18-19-20-21-22(23)24/h16-21H,2-15H2,1H3,(H,23,24). The molecule has 0 saturated carbocycles. The lowest BCUT2D eigenvalue weighted by molar-refractivity contribution is -0.131. The first-order chi connectivity index (χ1) is 11.8. The van der Waals surface area contributed by atoms with Crippen LogP contribution in [0.15, 0.2) is 36.5 Å². The van der Waals surface area contributed by atoms with Crippen LogP contribution in [0.1, 0.15) is 96.8 Å². The molecule has 0 radical (unpaired) electrons. The summed E-state index contributed by atoms with van der Waals surface area (Å²) in [4.78, 5) is 10.2. The van der Waals surface area contributed by atoms with Crippen LogP contribution in [-0.4, -0.2) is 11.1 Å². The molecular formula is C22H38O2. The monoisotopic (exact) mass is 334 g/mol. The number of hydrogen-bond acceptors (Lipinski definition) is 1. The van der Waals surface area contributed by atoms with Crippen LogP contribution in [0.5, 0.6) is 0 Å². The Hall–Kier alpha value is -1.31. The van der Waals surface area contributed by atoms with Gasteiger partial charge in [-0.2, -0.15) is 0 Å². The topological polar surface area (TPSA) is 37.3 Å². The molecule has 0 unspecified atom stereocenters. The summed E-state index contributed by atoms with van der Waals surface area (Å²) in [6, 6.07) is 0. The normalized spacial score (nSPS) is 12.0. The SMILES string of the molecule is CCCCCCCCCCCCCCCC=CC=CC=CC(=O)O. The van der Waals surface area contributed by atoms with E-state index in [9.17, 15) is 4.79 Å². The van der Waals surface area contributed by atoms with E-state index in [4.69, 9.17) is 5.11 Å². The first-order valence-electron chi connectivity index (χ1n) is 10.00. The molecular weight excluding hydrogens is 296 g/mol. The number of carboxylic acid groups (broad SMARTS) is 1. The van der Waals surface area contributed by atoms with Crippen molar-refractivity contribution in [2.24, 2.45) is 0 Å². The van der Waals surface area contributed by atoms with Crippen LogP contribution in [0.25, 0.3) is 0 Å². The van der Waals surface area contributed by atoms with Crippen LogP contribution < -0.4 is 0 Å². The molecule has 138 valence electrons. The lowest BCUT2D eigenvalue weighted by atomic mass is 10.0. The molecule has 0 atom stereocenters. The van der Waals surface area contributed by atoms with Crippen LogP contribution in [-0.2, 0) is 4.79 Å². The number of hydrogen-bond donors (Lipinski definition) is 1. The van der Waals surface area contributed by atoms with Crippen molar-refractivity contribution in [2.75, 3.05) is 0 Å². The van der Waals surface area contributed by atoms with Crippen molar-refractivity contribution in [1.29, 1.82) is 0 Å². The molecule has 0 aromatic rings. The molecule has 0 fully saturated rings. The van der Waals surface area contributed by atoms with Crippen molar-refractivity contribution in [3.05, 3.63) is 36.5 Å². The third kappa shape index (κ3) is 20.7. The molecule has 0 aliphatic heterocycles. The van der Waals surface area contributed by atoms with Gasteiger partial charge < -0.3 is 5.11 Å². The van der Waals surface area contributed by atoms with Gasteiger partial charge in [0.15, 0.2) is 0 Å². The van der Waals surface area contributed by atoms with Crippen molar-refractivity contribution < 1.29 is 9.90 Å². The first kappa shape index (κ1) is 22.7. The third-order valence-electron chi connectivity index (χ3n) is 4.18. The molecule has 0 aliphatic rings. The Labute approximate surface area is 149 Å². The zero-order valence-corrected chi connectivity index (χ0v) is 15.7. The van der Waals surface area contributed by atoms with Gasteiger partial charge in [-0.3, -0.25) is 0 Å². The van der Waals surface area contributed by atoms with Crippen LogP contribution in [0, 0.1) is 0 Å². The number of unbranched alkanes of at least 4 members (excludes halogenated alkanes) is 13. The van der Waals surface area contributed by atoms with Gasteiger partial charge in [-0.25, -0.2) is 4.79 Å². The molecule has 1 N–H and O–H groups in total. The minimum Gasteiger partial charge on any atom is -0.478 e. The third-order valence-corrected chi connectivity index (χ3v) is 4.18. The van der Waals surface area contributed by atoms with Crippen molar-refractivity contribution >= 4 is 5.97 Å². The molecule has 0 heterocycles. The molecule has 2 nitrogen and oxygen atoms in total. The van der Waals surface area contributed by atoms with Gasteiger partial charge in [-0.15, -0.1) is 0 Å². The van der Waals surface area contributed by atoms with Crippen molar-refractivity contribution in [3.8, 4) is 0 Å². The smallest absolute Gasteiger partial charge is 0.328 e. The summed E-state index contributed by atoms with van der Waals surface area (Å²) in [5.74, 6) is -0.907. The second-order valence-corrected chi connectivity index (χ2v) is 6.54. The maximum atomic E-state index is 10.2. The van der Waals surface area contributed by atoms with Gasteiger partial charge in [0, 0.05) is 6.08 Å². The molecule has 0 rings (SSSR count). The van der Waals surface area contributed by atoms with E-state index in [0.717, 1.165) is 12.5 Å². The highest BCUT2D eigenvalue weighted by Crippen LogP contribution is 2.12. The fraction of sp³-hybridized carbons (Fsp3) is 0.682. The van der Waals surface area contributed by atoms with E-state index in [1.165, 1.54) is 89.5 Å². The van der Waals surface area contributed by atoms with Crippen LogP contribution >= 0.6 is 0 Å². The number of allylic oxidation sites excluding steroid dienone is 5. The average Bonchev–Trinajstić information content (AvgIpc) is 2.56. The van der Waals surface area contributed by atoms with Crippen LogP contribution in [0.3, 0.4) is 0 Å². The van der Waals surface area contributed by atoms with E-state index >= 15 is 0 Å². The summed E-state index contributed by atoms with van der Waals surface area (Å²) in [5.41, 5.74) is 0. The molecule has 0 aliphatic carbocycles. The second-order valence-electron chi connectivity index (χ2n) is 6.54. The maximum absolute atomic E-state index is 10.2. The van der Waals surface area contributed by atoms with E-state index in [-0.39, 0.29) is 0 Å². The minimum atomic E-state index is -0.907. The molecule has 0 bridgehead atoms. The van der Waals surface area contributed by atoms with E-state index in [2.05, 4.69) is 13.0 Å². The summed E-state index contributed by atoms with van der Waals surface area (Å²) in [5, 5.41) is 8.42. The van der Waals surface area contributed by atoms with E-state index in [0.29, 0.717) is 0 Å². The fourth-order valence-electron chi connectivity index (χ4n) is 2.72. The summed E-state index contributed by atoms with van der Waals surface area (Å²) in [7, 11) is 0. The Morgan fingerprint density at radius 3 is 1.62 bits per heavy atom. The highest BCUT2D eigenvalue weighted by molar-refractivity contribution is 5.80. The highest BCUT2D eigenvalue weighted by Gasteiger charge is 1.93. The quantitative estimate of drug-likeness (QED) is 0.173. The molecule has 0 saturated heterocycles. The van der Waals surface area contributed by atoms with Crippen molar-refractivity contribution in [2.45, 2.75) is 96.8 Å². The second kappa shape index (κ2) is 19.7. The highest BCUT2D eigenvalue weighted by atomic mass is 16.4. The zero-order chi connectivity index (χ0) is 17.7. The summed E-state index contributed by atoms with van der Waals surface area (Å²) in [6.07, 6.45) is 29.6. The van der Waals surface area contributed by atoms with Crippen molar-refractivity contribution in [1.82, 2.24) is 0 Å². The summed E-state index contributed by atoms with van der Waals surface area (Å²) >= 11 is 0. The molecule has 0 spiro atoms. The first-order valence-corrected chi connectivity index (χ1v) is 10.00. The number of carboxylic acids is 1. The average molecular weight is 335 g/mol. The van der Waals surface area contributed by atoms with E-state index in [1.807, 2.05) is 12.2 Å². The van der Waals surface area contributed by atoms with Gasteiger partial charge in [0.25, 0.3) is 0 Å². The predicted octanol–water partition coefficient (Wildman–Crippen LogP) is 7.22. The molecule has 0 aromatic carbocycles. The number of rotatable bonds is 17. The molecule has 2 heteroatoms. The lowest BCUT2D eigenvalue weighted by Crippen LogP contribution is -1.84. The Kier molecular flexibility index (Phi) is 18.7. The van der Waals surface area contributed by atoms with Gasteiger partial charge in [-0.1, -0.05) is 114 Å². The predicted molar refractivity (Wildman–Crippen MR) is 105 cm³/mol. The van der Waals surface area contributed by atoms with Crippen molar-refractivity contribution in [3.63, 3.8) is 0 Å². The zero-order valence-electron chi connectivity index (χ0n) is 15.7. The number of carbonyl (C=O) groups is 1. The molecule has 0 aromatic heterocycles. The number of aliphatic carboxylic acids is 1. The molecule has 24 heavy (non-hydrogen) atoms. The van der Waals surface area contributed by atoms with Gasteiger partial charge in [0.1, 0.15) is 0 Å². The minimum absolute atomic E-state index is 0.907. The van der Waals surface area contributed by atoms with Gasteiger partial charge >= 0.3 is 5.97 Å². The van der Waals surface area contributed by atoms with Gasteiger partial charge in [0.2, 0.25) is 0 Å². The van der Waals surface area contributed by atoms with Gasteiger partial charge in [0.05, 0.1) is 0 Å². The Morgan fingerprint density at radius 2 is 1.12 bits per heavy atom. The van der Waals surface area contributed by atoms with E-state index in [1.54, 1.807) is 6.08 Å². The Bertz CT molecular complexity index is 353.